The van der Waals surface area contributed by atoms with E-state index in [-0.39, 0.29) is 43.2 Å². The normalized spacial score (nSPS) is 11.2. The molecule has 2 heterocycles. The molecule has 68 heavy (non-hydrogen) atoms. The van der Waals surface area contributed by atoms with E-state index in [4.69, 9.17) is 54.5 Å². The fraction of sp³-hybridized carbons (Fsp3) is 0.216. The van der Waals surface area contributed by atoms with Crippen molar-refractivity contribution in [3.63, 3.8) is 0 Å². The minimum absolute atomic E-state index is 0.0849. The van der Waals surface area contributed by atoms with E-state index < -0.39 is 104 Å². The van der Waals surface area contributed by atoms with Crippen molar-refractivity contribution in [2.75, 3.05) is 12.4 Å². The monoisotopic (exact) mass is 1120 g/mol. The number of hydrogen-bond acceptors (Lipinski definition) is 13. The van der Waals surface area contributed by atoms with Gasteiger partial charge >= 0.3 is 43.3 Å². The number of esters is 1. The minimum Gasteiger partial charge on any atom is -0.494 e. The number of halogens is 12. The van der Waals surface area contributed by atoms with Crippen LogP contribution in [-0.4, -0.2) is 88.8 Å². The van der Waals surface area contributed by atoms with Crippen molar-refractivity contribution in [3.05, 3.63) is 102 Å². The van der Waals surface area contributed by atoms with Gasteiger partial charge in [0, 0.05) is 12.6 Å². The smallest absolute Gasteiger partial charge is 0.434 e. The molecule has 0 aliphatic rings. The average molecular weight is 1120 g/mol. The highest BCUT2D eigenvalue weighted by Crippen LogP contribution is 2.41. The van der Waals surface area contributed by atoms with Crippen molar-refractivity contribution in [1.82, 2.24) is 24.5 Å². The van der Waals surface area contributed by atoms with Gasteiger partial charge in [0.25, 0.3) is 10.0 Å². The number of methoxy groups -OCH3 is 1. The SMILES string of the molecule is CC(C)OC(=O)c1cc(-c2nn(C)c(C(F)(F)F)c2Br)c(F)cc1Cl.COc1c(Cl)ccc(Cl)c1C(=O)O.O=C(Nc1nc(OC(F)F)cc(OC(F)F)n1)NS(=O)(=O)c1ccccc1C(=O)O. The zero-order chi connectivity index (χ0) is 51.6. The molecule has 31 heteroatoms. The van der Waals surface area contributed by atoms with E-state index in [9.17, 15) is 62.7 Å². The Balaban J connectivity index is 0.000000290. The molecule has 5 rings (SSSR count). The van der Waals surface area contributed by atoms with Crippen LogP contribution < -0.4 is 24.2 Å². The number of carbonyl (C=O) groups excluding carboxylic acids is 2. The number of nitrogens with one attached hydrogen (secondary N) is 2. The third-order valence-electron chi connectivity index (χ3n) is 7.57. The molecule has 0 fully saturated rings. The largest absolute Gasteiger partial charge is 0.494 e. The highest BCUT2D eigenvalue weighted by atomic mass is 79.9. The minimum atomic E-state index is -4.71. The number of amides is 2. The number of ether oxygens (including phenoxy) is 4. The molecule has 0 saturated carbocycles. The van der Waals surface area contributed by atoms with Gasteiger partial charge < -0.3 is 29.2 Å². The van der Waals surface area contributed by atoms with Gasteiger partial charge in [0.15, 0.2) is 11.4 Å². The number of aromatic carboxylic acids is 2. The van der Waals surface area contributed by atoms with Gasteiger partial charge in [-0.05, 0) is 66.2 Å². The van der Waals surface area contributed by atoms with Crippen LogP contribution in [0.15, 0.2) is 64.0 Å². The summed E-state index contributed by atoms with van der Waals surface area (Å²) in [5.74, 6) is -7.27. The summed E-state index contributed by atoms with van der Waals surface area (Å²) in [4.78, 5) is 51.6. The van der Waals surface area contributed by atoms with Crippen molar-refractivity contribution in [2.45, 2.75) is 44.2 Å². The molecule has 5 aromatic rings. The maximum atomic E-state index is 14.3. The highest BCUT2D eigenvalue weighted by molar-refractivity contribution is 9.10. The molecule has 2 amide bonds. The Morgan fingerprint density at radius 1 is 0.838 bits per heavy atom. The first kappa shape index (κ1) is 56.1. The van der Waals surface area contributed by atoms with E-state index in [0.29, 0.717) is 10.7 Å². The van der Waals surface area contributed by atoms with Crippen LogP contribution in [0.2, 0.25) is 15.1 Å². The number of nitrogens with zero attached hydrogens (tertiary/aromatic N) is 4. The maximum Gasteiger partial charge on any atom is 0.434 e. The molecule has 3 aromatic carbocycles. The van der Waals surface area contributed by atoms with Crippen LogP contribution in [0.4, 0.5) is 45.9 Å². The van der Waals surface area contributed by atoms with Gasteiger partial charge in [-0.25, -0.2) is 36.7 Å². The second-order valence-electron chi connectivity index (χ2n) is 12.6. The molecule has 0 saturated heterocycles. The van der Waals surface area contributed by atoms with Gasteiger partial charge in [0.1, 0.15) is 22.0 Å². The first-order valence-electron chi connectivity index (χ1n) is 17.7. The standard InChI is InChI=1S/C15H12BrClF4N2O2.C14H10F4N4O7S.C8H6Cl2O3/c1-6(2)25-14(24)7-4-8(10(18)5-9(7)17)12-11(16)13(15(19,20)21)23(3)22-12;15-11(16)28-8-5-9(29-12(17)18)20-13(19-8)21-14(25)22-30(26,27)7-4-2-1-3-6(7)10(23)24;1-13-7-5(10)3-2-4(9)6(7)8(11)12/h4-6H,1-3H3;1-5,11-12H,(H,23,24)(H2,19,20,21,22,25);2-3H,1H3,(H,11,12). The molecule has 0 atom stereocenters. The molecular formula is C37H28BrCl3F8N6O12S. The van der Waals surface area contributed by atoms with E-state index in [1.807, 2.05) is 0 Å². The number of anilines is 1. The van der Waals surface area contributed by atoms with E-state index in [2.05, 4.69) is 40.5 Å². The Morgan fingerprint density at radius 2 is 1.40 bits per heavy atom. The molecule has 0 unspecified atom stereocenters. The van der Waals surface area contributed by atoms with Crippen molar-refractivity contribution in [2.24, 2.45) is 7.05 Å². The lowest BCUT2D eigenvalue weighted by Gasteiger charge is -2.11. The summed E-state index contributed by atoms with van der Waals surface area (Å²) in [6.07, 6.45) is -5.14. The van der Waals surface area contributed by atoms with Crippen molar-refractivity contribution < 1.29 is 91.9 Å². The molecule has 2 aromatic heterocycles. The summed E-state index contributed by atoms with van der Waals surface area (Å²) in [5, 5.41) is 23.3. The van der Waals surface area contributed by atoms with Gasteiger partial charge in [0.05, 0.1) is 49.9 Å². The molecule has 4 N–H and O–H groups in total. The molecular weight excluding hydrogens is 1090 g/mol. The second-order valence-corrected chi connectivity index (χ2v) is 16.3. The number of hydrogen-bond donors (Lipinski definition) is 4. The number of alkyl halides is 7. The summed E-state index contributed by atoms with van der Waals surface area (Å²) in [7, 11) is -2.29. The summed E-state index contributed by atoms with van der Waals surface area (Å²) in [6.45, 7) is -3.59. The van der Waals surface area contributed by atoms with E-state index in [0.717, 1.165) is 31.3 Å². The van der Waals surface area contributed by atoms with Gasteiger partial charge in [-0.1, -0.05) is 46.9 Å². The number of carboxylic acid groups (broad SMARTS) is 2. The molecule has 0 spiro atoms. The first-order valence-corrected chi connectivity index (χ1v) is 21.1. The van der Waals surface area contributed by atoms with Crippen molar-refractivity contribution in [3.8, 4) is 28.8 Å². The molecule has 0 aliphatic heterocycles. The number of aryl methyl sites for hydroxylation is 1. The van der Waals surface area contributed by atoms with E-state index in [1.54, 1.807) is 19.2 Å². The van der Waals surface area contributed by atoms with Crippen molar-refractivity contribution >= 4 is 90.6 Å². The lowest BCUT2D eigenvalue weighted by atomic mass is 10.1. The molecule has 18 nitrogen and oxygen atoms in total. The number of aromatic nitrogens is 4. The van der Waals surface area contributed by atoms with E-state index >= 15 is 0 Å². The Kier molecular flexibility index (Phi) is 19.5. The van der Waals surface area contributed by atoms with Crippen LogP contribution >= 0.6 is 50.7 Å². The number of sulfonamides is 1. The fourth-order valence-electron chi connectivity index (χ4n) is 5.02. The molecule has 368 valence electrons. The number of benzene rings is 3. The van der Waals surface area contributed by atoms with Gasteiger partial charge in [-0.3, -0.25) is 10.00 Å². The average Bonchev–Trinajstić information content (AvgIpc) is 3.51. The zero-order valence-corrected chi connectivity index (χ0v) is 38.8. The van der Waals surface area contributed by atoms with Crippen LogP contribution in [0.3, 0.4) is 0 Å². The maximum absolute atomic E-state index is 14.3. The topological polar surface area (TPSA) is 247 Å². The van der Waals surface area contributed by atoms with Gasteiger partial charge in [-0.2, -0.15) is 45.8 Å². The number of rotatable bonds is 13. The lowest BCUT2D eigenvalue weighted by Crippen LogP contribution is -2.35. The zero-order valence-electron chi connectivity index (χ0n) is 34.1. The fourth-order valence-corrected chi connectivity index (χ4v) is 7.59. The highest BCUT2D eigenvalue weighted by Gasteiger charge is 2.39. The number of carbonyl (C=O) groups is 4. The quantitative estimate of drug-likeness (QED) is 0.0633. The first-order chi connectivity index (χ1) is 31.5. The predicted molar refractivity (Wildman–Crippen MR) is 225 cm³/mol. The summed E-state index contributed by atoms with van der Waals surface area (Å²) < 4.78 is 147. The Hall–Kier alpha value is -6.23. The summed E-state index contributed by atoms with van der Waals surface area (Å²) >= 11 is 20.0. The van der Waals surface area contributed by atoms with Crippen LogP contribution in [0.5, 0.6) is 17.5 Å². The number of urea groups is 1. The Bertz CT molecular complexity index is 2780. The lowest BCUT2D eigenvalue weighted by molar-refractivity contribution is -0.144. The van der Waals surface area contributed by atoms with Crippen LogP contribution in [0, 0.1) is 5.82 Å². The van der Waals surface area contributed by atoms with E-state index in [1.165, 1.54) is 36.1 Å². The molecule has 0 bridgehead atoms. The van der Waals surface area contributed by atoms with Crippen LogP contribution in [-0.2, 0) is 28.0 Å². The van der Waals surface area contributed by atoms with Gasteiger partial charge in [-0.15, -0.1) is 0 Å². The summed E-state index contributed by atoms with van der Waals surface area (Å²) in [6, 6.07) is 7.98. The van der Waals surface area contributed by atoms with Crippen molar-refractivity contribution in [1.29, 1.82) is 0 Å². The number of carboxylic acids is 2. The summed E-state index contributed by atoms with van der Waals surface area (Å²) in [5.41, 5.74) is -2.62. The predicted octanol–water partition coefficient (Wildman–Crippen LogP) is 9.81. The van der Waals surface area contributed by atoms with Crippen LogP contribution in [0.25, 0.3) is 11.3 Å². The van der Waals surface area contributed by atoms with Crippen LogP contribution in [0.1, 0.15) is 50.6 Å². The van der Waals surface area contributed by atoms with Gasteiger partial charge in [0.2, 0.25) is 17.7 Å². The second kappa shape index (κ2) is 23.7. The molecule has 0 aliphatic carbocycles. The molecule has 0 radical (unpaired) electrons. The Labute approximate surface area is 400 Å². The third kappa shape index (κ3) is 15.1. The third-order valence-corrected chi connectivity index (χ3v) is 10.6. The Morgan fingerprint density at radius 3 is 1.87 bits per heavy atom.